The maximum Gasteiger partial charge on any atom is 0.269 e. The van der Waals surface area contributed by atoms with Crippen molar-refractivity contribution in [1.29, 1.82) is 0 Å². The van der Waals surface area contributed by atoms with Crippen molar-refractivity contribution in [3.63, 3.8) is 0 Å². The van der Waals surface area contributed by atoms with E-state index in [4.69, 9.17) is 15.5 Å². The highest BCUT2D eigenvalue weighted by atomic mass is 32.2. The summed E-state index contributed by atoms with van der Waals surface area (Å²) in [4.78, 5) is 21.1. The zero-order valence-electron chi connectivity index (χ0n) is 14.8. The number of carbonyl (C=O) groups excluding carboxylic acids is 1. The number of aromatic nitrogens is 4. The number of nitrogens with two attached hydrogens (primary N) is 1. The van der Waals surface area contributed by atoms with Crippen molar-refractivity contribution in [2.45, 2.75) is 36.8 Å². The SMILES string of the molecule is COCCCC1CCc2cnc(SC)nc2-c2c1c(C(N)=O)nn2C. The predicted octanol–water partition coefficient (Wildman–Crippen LogP) is 2.15. The van der Waals surface area contributed by atoms with E-state index in [0.717, 1.165) is 48.2 Å². The van der Waals surface area contributed by atoms with E-state index >= 15 is 0 Å². The Hall–Kier alpha value is -1.93. The van der Waals surface area contributed by atoms with Crippen molar-refractivity contribution in [2.75, 3.05) is 20.0 Å². The molecule has 0 saturated carbocycles. The molecular weight excluding hydrogens is 338 g/mol. The Morgan fingerprint density at radius 1 is 1.52 bits per heavy atom. The second kappa shape index (κ2) is 7.53. The molecule has 2 aromatic rings. The summed E-state index contributed by atoms with van der Waals surface area (Å²) in [6.45, 7) is 0.696. The van der Waals surface area contributed by atoms with E-state index in [1.807, 2.05) is 19.5 Å². The number of rotatable bonds is 6. The number of primary amides is 1. The van der Waals surface area contributed by atoms with Gasteiger partial charge >= 0.3 is 0 Å². The van der Waals surface area contributed by atoms with Crippen molar-refractivity contribution in [3.05, 3.63) is 23.0 Å². The lowest BCUT2D eigenvalue weighted by atomic mass is 9.89. The molecule has 1 amide bonds. The first-order valence-corrected chi connectivity index (χ1v) is 9.55. The van der Waals surface area contributed by atoms with Gasteiger partial charge in [-0.2, -0.15) is 5.10 Å². The van der Waals surface area contributed by atoms with Crippen LogP contribution in [0.15, 0.2) is 11.4 Å². The number of amides is 1. The monoisotopic (exact) mass is 361 g/mol. The highest BCUT2D eigenvalue weighted by Gasteiger charge is 2.32. The highest BCUT2D eigenvalue weighted by Crippen LogP contribution is 2.41. The molecule has 0 radical (unpaired) electrons. The third-order valence-electron chi connectivity index (χ3n) is 4.64. The molecule has 0 saturated heterocycles. The third-order valence-corrected chi connectivity index (χ3v) is 5.20. The Kier molecular flexibility index (Phi) is 5.39. The molecule has 0 aromatic carbocycles. The van der Waals surface area contributed by atoms with Gasteiger partial charge in [-0.1, -0.05) is 11.8 Å². The lowest BCUT2D eigenvalue weighted by molar-refractivity contribution is 0.0993. The zero-order valence-corrected chi connectivity index (χ0v) is 15.6. The van der Waals surface area contributed by atoms with Crippen molar-refractivity contribution in [2.24, 2.45) is 12.8 Å². The summed E-state index contributed by atoms with van der Waals surface area (Å²) in [5.41, 5.74) is 9.75. The Balaban J connectivity index is 2.15. The highest BCUT2D eigenvalue weighted by molar-refractivity contribution is 7.98. The lowest BCUT2D eigenvalue weighted by Crippen LogP contribution is -2.16. The summed E-state index contributed by atoms with van der Waals surface area (Å²) in [6, 6.07) is 0. The average Bonchev–Trinajstić information content (AvgIpc) is 2.86. The normalized spacial score (nSPS) is 16.2. The topological polar surface area (TPSA) is 95.9 Å². The summed E-state index contributed by atoms with van der Waals surface area (Å²) < 4.78 is 6.93. The molecule has 25 heavy (non-hydrogen) atoms. The van der Waals surface area contributed by atoms with E-state index in [1.54, 1.807) is 11.8 Å². The van der Waals surface area contributed by atoms with Gasteiger partial charge in [0.25, 0.3) is 5.91 Å². The fraction of sp³-hybridized carbons (Fsp3) is 0.529. The maximum atomic E-state index is 12.0. The Labute approximate surface area is 151 Å². The molecule has 0 spiro atoms. The van der Waals surface area contributed by atoms with Crippen LogP contribution in [0.1, 0.15) is 46.8 Å². The first-order chi connectivity index (χ1) is 12.1. The number of hydrogen-bond donors (Lipinski definition) is 1. The minimum absolute atomic E-state index is 0.202. The van der Waals surface area contributed by atoms with Crippen molar-refractivity contribution in [1.82, 2.24) is 19.7 Å². The van der Waals surface area contributed by atoms with E-state index in [-0.39, 0.29) is 5.92 Å². The van der Waals surface area contributed by atoms with Gasteiger partial charge in [-0.05, 0) is 43.4 Å². The van der Waals surface area contributed by atoms with Gasteiger partial charge < -0.3 is 10.5 Å². The molecule has 0 fully saturated rings. The van der Waals surface area contributed by atoms with Crippen LogP contribution in [-0.2, 0) is 18.2 Å². The number of methoxy groups -OCH3 is 1. The first-order valence-electron chi connectivity index (χ1n) is 8.32. The number of hydrogen-bond acceptors (Lipinski definition) is 6. The number of nitrogens with zero attached hydrogens (tertiary/aromatic N) is 4. The number of ether oxygens (including phenoxy) is 1. The fourth-order valence-corrected chi connectivity index (χ4v) is 3.84. The van der Waals surface area contributed by atoms with Gasteiger partial charge in [-0.25, -0.2) is 9.97 Å². The van der Waals surface area contributed by atoms with E-state index in [9.17, 15) is 4.79 Å². The first kappa shape index (κ1) is 17.9. The minimum Gasteiger partial charge on any atom is -0.385 e. The van der Waals surface area contributed by atoms with Crippen LogP contribution in [0.5, 0.6) is 0 Å². The molecule has 1 unspecified atom stereocenters. The molecule has 8 heteroatoms. The van der Waals surface area contributed by atoms with Crippen LogP contribution in [0.25, 0.3) is 11.4 Å². The van der Waals surface area contributed by atoms with Crippen molar-refractivity contribution < 1.29 is 9.53 Å². The quantitative estimate of drug-likeness (QED) is 0.481. The van der Waals surface area contributed by atoms with Gasteiger partial charge in [0.15, 0.2) is 10.9 Å². The summed E-state index contributed by atoms with van der Waals surface area (Å²) >= 11 is 1.50. The summed E-state index contributed by atoms with van der Waals surface area (Å²) in [6.07, 6.45) is 7.47. The van der Waals surface area contributed by atoms with Gasteiger partial charge in [0, 0.05) is 32.5 Å². The Morgan fingerprint density at radius 3 is 3.00 bits per heavy atom. The van der Waals surface area contributed by atoms with Crippen LogP contribution in [-0.4, -0.2) is 45.6 Å². The van der Waals surface area contributed by atoms with Gasteiger partial charge in [0.2, 0.25) is 0 Å². The van der Waals surface area contributed by atoms with Crippen molar-refractivity contribution >= 4 is 17.7 Å². The summed E-state index contributed by atoms with van der Waals surface area (Å²) in [5.74, 6) is -0.288. The average molecular weight is 361 g/mol. The predicted molar refractivity (Wildman–Crippen MR) is 96.7 cm³/mol. The minimum atomic E-state index is -0.490. The molecule has 2 heterocycles. The van der Waals surface area contributed by atoms with Gasteiger partial charge in [0.1, 0.15) is 0 Å². The molecule has 7 nitrogen and oxygen atoms in total. The van der Waals surface area contributed by atoms with E-state index in [1.165, 1.54) is 11.8 Å². The molecule has 1 aliphatic rings. The molecular formula is C17H23N5O2S. The van der Waals surface area contributed by atoms with E-state index in [2.05, 4.69) is 10.1 Å². The third kappa shape index (κ3) is 3.41. The smallest absolute Gasteiger partial charge is 0.269 e. The Morgan fingerprint density at radius 2 is 2.32 bits per heavy atom. The summed E-state index contributed by atoms with van der Waals surface area (Å²) in [5, 5.41) is 5.12. The van der Waals surface area contributed by atoms with Crippen LogP contribution in [0.2, 0.25) is 0 Å². The fourth-order valence-electron chi connectivity index (χ4n) is 3.50. The van der Waals surface area contributed by atoms with E-state index < -0.39 is 5.91 Å². The second-order valence-corrected chi connectivity index (χ2v) is 6.97. The van der Waals surface area contributed by atoms with Crippen LogP contribution in [0, 0.1) is 0 Å². The molecule has 1 aliphatic carbocycles. The molecule has 1 atom stereocenters. The van der Waals surface area contributed by atoms with Gasteiger partial charge in [-0.3, -0.25) is 9.48 Å². The molecule has 2 N–H and O–H groups in total. The largest absolute Gasteiger partial charge is 0.385 e. The van der Waals surface area contributed by atoms with E-state index in [0.29, 0.717) is 17.5 Å². The van der Waals surface area contributed by atoms with Crippen LogP contribution >= 0.6 is 11.8 Å². The maximum absolute atomic E-state index is 12.0. The second-order valence-electron chi connectivity index (χ2n) is 6.20. The number of thioether (sulfide) groups is 1. The number of aryl methyl sites for hydroxylation is 2. The molecule has 0 aliphatic heterocycles. The lowest BCUT2D eigenvalue weighted by Gasteiger charge is -2.15. The summed E-state index contributed by atoms with van der Waals surface area (Å²) in [7, 11) is 3.54. The van der Waals surface area contributed by atoms with Gasteiger partial charge in [0.05, 0.1) is 11.4 Å². The molecule has 0 bridgehead atoms. The molecule has 134 valence electrons. The van der Waals surface area contributed by atoms with Crippen LogP contribution in [0.4, 0.5) is 0 Å². The van der Waals surface area contributed by atoms with Gasteiger partial charge in [-0.15, -0.1) is 0 Å². The van der Waals surface area contributed by atoms with Crippen molar-refractivity contribution in [3.8, 4) is 11.4 Å². The zero-order chi connectivity index (χ0) is 18.0. The standard InChI is InChI=1S/C17H23N5O2S/c1-22-15-12(14(21-22)16(18)23)10(5-4-8-24-2)6-7-11-9-19-17(25-3)20-13(11)15/h9-10H,4-8H2,1-3H3,(H2,18,23). The Bertz CT molecular complexity index is 790. The van der Waals surface area contributed by atoms with Crippen LogP contribution < -0.4 is 5.73 Å². The molecule has 3 rings (SSSR count). The number of fused-ring (bicyclic) bond motifs is 3. The van der Waals surface area contributed by atoms with Crippen LogP contribution in [0.3, 0.4) is 0 Å². The number of carbonyl (C=O) groups is 1. The molecule has 2 aromatic heterocycles.